The van der Waals surface area contributed by atoms with E-state index in [0.29, 0.717) is 50.0 Å². The Balaban J connectivity index is 1.70. The molecule has 0 radical (unpaired) electrons. The van der Waals surface area contributed by atoms with Crippen LogP contribution < -0.4 is 4.74 Å². The predicted molar refractivity (Wildman–Crippen MR) is 103 cm³/mol. The van der Waals surface area contributed by atoms with Crippen molar-refractivity contribution in [2.75, 3.05) is 39.9 Å². The molecule has 6 heteroatoms. The Kier molecular flexibility index (Phi) is 6.37. The molecule has 0 bridgehead atoms. The summed E-state index contributed by atoms with van der Waals surface area (Å²) in [5.41, 5.74) is 1.71. The lowest BCUT2D eigenvalue weighted by Crippen LogP contribution is -2.41. The van der Waals surface area contributed by atoms with Crippen LogP contribution in [0, 0.1) is 0 Å². The summed E-state index contributed by atoms with van der Waals surface area (Å²) in [6.45, 7) is 7.28. The predicted octanol–water partition coefficient (Wildman–Crippen LogP) is 2.67. The second-order valence-electron chi connectivity index (χ2n) is 7.59. The van der Waals surface area contributed by atoms with Gasteiger partial charge in [0.25, 0.3) is 11.8 Å². The third-order valence-corrected chi connectivity index (χ3v) is 5.42. The van der Waals surface area contributed by atoms with Crippen molar-refractivity contribution in [3.05, 3.63) is 29.3 Å². The van der Waals surface area contributed by atoms with Crippen molar-refractivity contribution < 1.29 is 19.1 Å². The number of nitrogens with zero attached hydrogens (tertiary/aromatic N) is 2. The Hall–Kier alpha value is -2.08. The van der Waals surface area contributed by atoms with Crippen LogP contribution in [0.4, 0.5) is 0 Å². The molecule has 2 fully saturated rings. The van der Waals surface area contributed by atoms with E-state index in [9.17, 15) is 9.59 Å². The van der Waals surface area contributed by atoms with Gasteiger partial charge in [0.2, 0.25) is 0 Å². The maximum Gasteiger partial charge on any atom is 0.257 e. The number of carbonyl (C=O) groups is 2. The van der Waals surface area contributed by atoms with Crippen LogP contribution in [0.15, 0.2) is 18.2 Å². The summed E-state index contributed by atoms with van der Waals surface area (Å²) in [5.74, 6) is 0.981. The minimum Gasteiger partial charge on any atom is -0.496 e. The molecule has 2 aliphatic heterocycles. The van der Waals surface area contributed by atoms with Crippen molar-refractivity contribution in [1.82, 2.24) is 9.80 Å². The number of carbonyl (C=O) groups excluding carboxylic acids is 2. The number of rotatable bonds is 4. The first kappa shape index (κ1) is 19.7. The zero-order valence-electron chi connectivity index (χ0n) is 16.6. The molecular weight excluding hydrogens is 344 g/mol. The van der Waals surface area contributed by atoms with E-state index in [4.69, 9.17) is 9.47 Å². The van der Waals surface area contributed by atoms with Gasteiger partial charge in [0, 0.05) is 32.8 Å². The number of amides is 2. The minimum absolute atomic E-state index is 0.0271. The SMILES string of the molecule is COc1ccc(C(C)C)cc1C(=O)N1CCCN(C(=O)C2CCCO2)CC1. The van der Waals surface area contributed by atoms with Crippen molar-refractivity contribution in [3.63, 3.8) is 0 Å². The molecule has 2 amide bonds. The summed E-state index contributed by atoms with van der Waals surface area (Å²) in [7, 11) is 1.59. The summed E-state index contributed by atoms with van der Waals surface area (Å²) in [6.07, 6.45) is 2.23. The van der Waals surface area contributed by atoms with E-state index in [1.807, 2.05) is 28.0 Å². The van der Waals surface area contributed by atoms with Crippen LogP contribution in [0.5, 0.6) is 5.75 Å². The standard InChI is InChI=1S/C21H30N2O4/c1-15(2)16-7-8-18(26-3)17(14-16)20(24)22-9-5-10-23(12-11-22)21(25)19-6-4-13-27-19/h7-8,14-15,19H,4-6,9-13H2,1-3H3. The third-order valence-electron chi connectivity index (χ3n) is 5.42. The number of hydrogen-bond donors (Lipinski definition) is 0. The van der Waals surface area contributed by atoms with Gasteiger partial charge in [-0.05, 0) is 42.9 Å². The second-order valence-corrected chi connectivity index (χ2v) is 7.59. The number of methoxy groups -OCH3 is 1. The molecule has 6 nitrogen and oxygen atoms in total. The molecule has 0 N–H and O–H groups in total. The fourth-order valence-electron chi connectivity index (χ4n) is 3.74. The molecule has 0 spiro atoms. The summed E-state index contributed by atoms with van der Waals surface area (Å²) in [5, 5.41) is 0. The Morgan fingerprint density at radius 1 is 1.11 bits per heavy atom. The topological polar surface area (TPSA) is 59.1 Å². The van der Waals surface area contributed by atoms with E-state index >= 15 is 0 Å². The highest BCUT2D eigenvalue weighted by atomic mass is 16.5. The monoisotopic (exact) mass is 374 g/mol. The van der Waals surface area contributed by atoms with Crippen molar-refractivity contribution in [2.24, 2.45) is 0 Å². The van der Waals surface area contributed by atoms with Crippen LogP contribution in [0.25, 0.3) is 0 Å². The average Bonchev–Trinajstić information content (AvgIpc) is 3.11. The molecule has 27 heavy (non-hydrogen) atoms. The second kappa shape index (κ2) is 8.74. The van der Waals surface area contributed by atoms with Crippen molar-refractivity contribution in [2.45, 2.75) is 45.1 Å². The van der Waals surface area contributed by atoms with Crippen LogP contribution >= 0.6 is 0 Å². The van der Waals surface area contributed by atoms with E-state index in [2.05, 4.69) is 13.8 Å². The van der Waals surface area contributed by atoms with Gasteiger partial charge < -0.3 is 19.3 Å². The Bertz CT molecular complexity index is 683. The van der Waals surface area contributed by atoms with Crippen LogP contribution in [-0.4, -0.2) is 67.6 Å². The van der Waals surface area contributed by atoms with E-state index in [-0.39, 0.29) is 17.9 Å². The van der Waals surface area contributed by atoms with Gasteiger partial charge in [-0.1, -0.05) is 19.9 Å². The molecule has 2 saturated heterocycles. The van der Waals surface area contributed by atoms with Gasteiger partial charge >= 0.3 is 0 Å². The van der Waals surface area contributed by atoms with Crippen LogP contribution in [0.1, 0.15) is 54.9 Å². The van der Waals surface area contributed by atoms with E-state index in [1.54, 1.807) is 7.11 Å². The normalized spacial score (nSPS) is 20.7. The first-order valence-electron chi connectivity index (χ1n) is 9.89. The van der Waals surface area contributed by atoms with E-state index < -0.39 is 0 Å². The number of benzene rings is 1. The highest BCUT2D eigenvalue weighted by molar-refractivity contribution is 5.97. The van der Waals surface area contributed by atoms with Crippen molar-refractivity contribution in [3.8, 4) is 5.75 Å². The smallest absolute Gasteiger partial charge is 0.257 e. The maximum absolute atomic E-state index is 13.2. The first-order chi connectivity index (χ1) is 13.0. The molecule has 2 heterocycles. The zero-order chi connectivity index (χ0) is 19.4. The van der Waals surface area contributed by atoms with Gasteiger partial charge in [-0.3, -0.25) is 9.59 Å². The van der Waals surface area contributed by atoms with Crippen LogP contribution in [-0.2, 0) is 9.53 Å². The largest absolute Gasteiger partial charge is 0.496 e. The molecule has 0 saturated carbocycles. The highest BCUT2D eigenvalue weighted by Gasteiger charge is 2.30. The fourth-order valence-corrected chi connectivity index (χ4v) is 3.74. The molecule has 1 atom stereocenters. The number of ether oxygens (including phenoxy) is 2. The Labute approximate surface area is 161 Å². The van der Waals surface area contributed by atoms with Crippen molar-refractivity contribution >= 4 is 11.8 Å². The molecule has 0 aromatic heterocycles. The number of hydrogen-bond acceptors (Lipinski definition) is 4. The Morgan fingerprint density at radius 2 is 1.85 bits per heavy atom. The van der Waals surface area contributed by atoms with Gasteiger partial charge in [0.05, 0.1) is 12.7 Å². The fraction of sp³-hybridized carbons (Fsp3) is 0.619. The Morgan fingerprint density at radius 3 is 2.52 bits per heavy atom. The molecule has 1 unspecified atom stereocenters. The molecular formula is C21H30N2O4. The van der Waals surface area contributed by atoms with E-state index in [1.165, 1.54) is 0 Å². The summed E-state index contributed by atoms with van der Waals surface area (Å²) >= 11 is 0. The van der Waals surface area contributed by atoms with Gasteiger partial charge in [-0.25, -0.2) is 0 Å². The lowest BCUT2D eigenvalue weighted by molar-refractivity contribution is -0.140. The average molecular weight is 374 g/mol. The lowest BCUT2D eigenvalue weighted by Gasteiger charge is -2.24. The minimum atomic E-state index is -0.296. The molecule has 1 aromatic carbocycles. The third kappa shape index (κ3) is 4.43. The molecule has 0 aliphatic carbocycles. The van der Waals surface area contributed by atoms with Gasteiger partial charge in [-0.15, -0.1) is 0 Å². The molecule has 1 aromatic rings. The van der Waals surface area contributed by atoms with Crippen molar-refractivity contribution in [1.29, 1.82) is 0 Å². The van der Waals surface area contributed by atoms with Gasteiger partial charge in [0.1, 0.15) is 11.9 Å². The van der Waals surface area contributed by atoms with Gasteiger partial charge in [0.15, 0.2) is 0 Å². The quantitative estimate of drug-likeness (QED) is 0.813. The van der Waals surface area contributed by atoms with Crippen LogP contribution in [0.2, 0.25) is 0 Å². The molecule has 3 rings (SSSR count). The lowest BCUT2D eigenvalue weighted by atomic mass is 9.99. The zero-order valence-corrected chi connectivity index (χ0v) is 16.6. The van der Waals surface area contributed by atoms with E-state index in [0.717, 1.165) is 24.8 Å². The summed E-state index contributed by atoms with van der Waals surface area (Å²) < 4.78 is 11.0. The highest BCUT2D eigenvalue weighted by Crippen LogP contribution is 2.26. The molecule has 2 aliphatic rings. The molecule has 148 valence electrons. The van der Waals surface area contributed by atoms with Crippen LogP contribution in [0.3, 0.4) is 0 Å². The summed E-state index contributed by atoms with van der Waals surface area (Å²) in [4.78, 5) is 29.4. The summed E-state index contributed by atoms with van der Waals surface area (Å²) in [6, 6.07) is 5.81. The van der Waals surface area contributed by atoms with Gasteiger partial charge in [-0.2, -0.15) is 0 Å². The maximum atomic E-state index is 13.2. The first-order valence-corrected chi connectivity index (χ1v) is 9.89.